The first-order valence-corrected chi connectivity index (χ1v) is 7.38. The van der Waals surface area contributed by atoms with Crippen LogP contribution in [0.2, 0.25) is 0 Å². The molecule has 0 unspecified atom stereocenters. The number of nitrogens with zero attached hydrogens (tertiary/aromatic N) is 1. The van der Waals surface area contributed by atoms with Gasteiger partial charge in [-0.15, -0.1) is 0 Å². The van der Waals surface area contributed by atoms with Crippen LogP contribution >= 0.6 is 0 Å². The molecule has 0 aliphatic carbocycles. The van der Waals surface area contributed by atoms with Gasteiger partial charge in [0.05, 0.1) is 18.2 Å². The van der Waals surface area contributed by atoms with Crippen molar-refractivity contribution >= 4 is 16.9 Å². The largest absolute Gasteiger partial charge is 0.455 e. The average Bonchev–Trinajstić information content (AvgIpc) is 2.99. The lowest BCUT2D eigenvalue weighted by molar-refractivity contribution is 0.0432. The normalized spacial score (nSPS) is 10.5. The molecular weight excluding hydrogens is 306 g/mol. The SMILES string of the molecule is COCc1c(C(=O)OCc2ccc(C#N)cc2)oc2ccccc12. The number of nitriles is 1. The van der Waals surface area contributed by atoms with E-state index in [2.05, 4.69) is 0 Å². The Morgan fingerprint density at radius 1 is 1.12 bits per heavy atom. The fourth-order valence-corrected chi connectivity index (χ4v) is 2.44. The van der Waals surface area contributed by atoms with E-state index in [-0.39, 0.29) is 19.0 Å². The third-order valence-electron chi connectivity index (χ3n) is 3.63. The topological polar surface area (TPSA) is 72.5 Å². The number of carbonyl (C=O) groups is 1. The smallest absolute Gasteiger partial charge is 0.374 e. The lowest BCUT2D eigenvalue weighted by atomic mass is 10.1. The number of esters is 1. The number of rotatable bonds is 5. The van der Waals surface area contributed by atoms with Gasteiger partial charge in [-0.1, -0.05) is 30.3 Å². The van der Waals surface area contributed by atoms with Crippen LogP contribution in [0.4, 0.5) is 0 Å². The Bertz CT molecular complexity index is 903. The number of benzene rings is 2. The van der Waals surface area contributed by atoms with Crippen molar-refractivity contribution in [2.24, 2.45) is 0 Å². The number of para-hydroxylation sites is 1. The predicted molar refractivity (Wildman–Crippen MR) is 87.2 cm³/mol. The molecule has 0 amide bonds. The number of methoxy groups -OCH3 is 1. The van der Waals surface area contributed by atoms with Crippen molar-refractivity contribution in [3.05, 3.63) is 71.0 Å². The number of ether oxygens (including phenoxy) is 2. The zero-order valence-corrected chi connectivity index (χ0v) is 13.1. The van der Waals surface area contributed by atoms with E-state index in [4.69, 9.17) is 19.2 Å². The van der Waals surface area contributed by atoms with E-state index in [0.29, 0.717) is 16.7 Å². The summed E-state index contributed by atoms with van der Waals surface area (Å²) in [6, 6.07) is 16.3. The van der Waals surface area contributed by atoms with E-state index in [1.165, 1.54) is 0 Å². The molecule has 120 valence electrons. The van der Waals surface area contributed by atoms with E-state index < -0.39 is 5.97 Å². The number of hydrogen-bond acceptors (Lipinski definition) is 5. The van der Waals surface area contributed by atoms with E-state index in [1.807, 2.05) is 24.3 Å². The van der Waals surface area contributed by atoms with Crippen LogP contribution in [0.15, 0.2) is 52.9 Å². The highest BCUT2D eigenvalue weighted by atomic mass is 16.5. The maximum atomic E-state index is 12.4. The van der Waals surface area contributed by atoms with Crippen molar-refractivity contribution in [3.63, 3.8) is 0 Å². The van der Waals surface area contributed by atoms with Crippen LogP contribution in [0.1, 0.15) is 27.2 Å². The Labute approximate surface area is 139 Å². The van der Waals surface area contributed by atoms with Crippen LogP contribution in [-0.2, 0) is 22.7 Å². The lowest BCUT2D eigenvalue weighted by Crippen LogP contribution is -2.07. The second kappa shape index (κ2) is 6.99. The Kier molecular flexibility index (Phi) is 4.59. The standard InChI is InChI=1S/C19H15NO4/c1-22-12-16-15-4-2-3-5-17(15)24-18(16)19(21)23-11-14-8-6-13(10-20)7-9-14/h2-9H,11-12H2,1H3. The summed E-state index contributed by atoms with van der Waals surface area (Å²) in [7, 11) is 1.56. The van der Waals surface area contributed by atoms with Gasteiger partial charge in [0.1, 0.15) is 12.2 Å². The molecule has 0 fully saturated rings. The van der Waals surface area contributed by atoms with Crippen LogP contribution in [0.3, 0.4) is 0 Å². The summed E-state index contributed by atoms with van der Waals surface area (Å²) < 4.78 is 16.1. The minimum absolute atomic E-state index is 0.105. The molecule has 0 atom stereocenters. The summed E-state index contributed by atoms with van der Waals surface area (Å²) in [5.41, 5.74) is 2.66. The minimum atomic E-state index is -0.539. The Morgan fingerprint density at radius 2 is 1.88 bits per heavy atom. The van der Waals surface area contributed by atoms with Gasteiger partial charge >= 0.3 is 5.97 Å². The maximum absolute atomic E-state index is 12.4. The quantitative estimate of drug-likeness (QED) is 0.668. The van der Waals surface area contributed by atoms with Gasteiger partial charge in [-0.05, 0) is 23.8 Å². The molecule has 0 spiro atoms. The molecule has 24 heavy (non-hydrogen) atoms. The van der Waals surface area contributed by atoms with Crippen molar-refractivity contribution < 1.29 is 18.7 Å². The van der Waals surface area contributed by atoms with Gasteiger partial charge < -0.3 is 13.9 Å². The van der Waals surface area contributed by atoms with E-state index in [1.54, 1.807) is 37.4 Å². The van der Waals surface area contributed by atoms with Crippen LogP contribution < -0.4 is 0 Å². The molecule has 0 saturated heterocycles. The molecule has 0 N–H and O–H groups in total. The molecule has 5 heteroatoms. The number of furan rings is 1. The highest BCUT2D eigenvalue weighted by Gasteiger charge is 2.21. The van der Waals surface area contributed by atoms with Crippen molar-refractivity contribution in [2.45, 2.75) is 13.2 Å². The van der Waals surface area contributed by atoms with Gasteiger partial charge in [-0.2, -0.15) is 5.26 Å². The molecule has 0 saturated carbocycles. The number of carbonyl (C=O) groups excluding carboxylic acids is 1. The molecule has 0 aliphatic rings. The molecule has 1 heterocycles. The lowest BCUT2D eigenvalue weighted by Gasteiger charge is -2.05. The molecule has 1 aromatic heterocycles. The molecular formula is C19H15NO4. The fourth-order valence-electron chi connectivity index (χ4n) is 2.44. The van der Waals surface area contributed by atoms with Crippen molar-refractivity contribution in [2.75, 3.05) is 7.11 Å². The van der Waals surface area contributed by atoms with Crippen LogP contribution in [0.25, 0.3) is 11.0 Å². The van der Waals surface area contributed by atoms with Gasteiger partial charge in [0, 0.05) is 18.1 Å². The number of hydrogen-bond donors (Lipinski definition) is 0. The monoisotopic (exact) mass is 321 g/mol. The summed E-state index contributed by atoms with van der Waals surface area (Å²) in [4.78, 5) is 12.4. The molecule has 0 bridgehead atoms. The second-order valence-electron chi connectivity index (χ2n) is 5.22. The highest BCUT2D eigenvalue weighted by molar-refractivity contribution is 5.96. The van der Waals surface area contributed by atoms with Crippen LogP contribution in [-0.4, -0.2) is 13.1 Å². The third kappa shape index (κ3) is 3.14. The Morgan fingerprint density at radius 3 is 2.58 bits per heavy atom. The first-order chi connectivity index (χ1) is 11.7. The summed E-state index contributed by atoms with van der Waals surface area (Å²) >= 11 is 0. The molecule has 3 aromatic rings. The van der Waals surface area contributed by atoms with Crippen molar-refractivity contribution in [3.8, 4) is 6.07 Å². The Balaban J connectivity index is 1.80. The van der Waals surface area contributed by atoms with E-state index in [0.717, 1.165) is 10.9 Å². The summed E-state index contributed by atoms with van der Waals surface area (Å²) in [5, 5.41) is 9.62. The van der Waals surface area contributed by atoms with Gasteiger partial charge in [-0.3, -0.25) is 0 Å². The molecule has 5 nitrogen and oxygen atoms in total. The van der Waals surface area contributed by atoms with E-state index >= 15 is 0 Å². The summed E-state index contributed by atoms with van der Waals surface area (Å²) in [6.45, 7) is 0.367. The van der Waals surface area contributed by atoms with Gasteiger partial charge in [0.15, 0.2) is 0 Å². The van der Waals surface area contributed by atoms with Gasteiger partial charge in [0.25, 0.3) is 0 Å². The van der Waals surface area contributed by atoms with E-state index in [9.17, 15) is 4.79 Å². The van der Waals surface area contributed by atoms with Gasteiger partial charge in [-0.25, -0.2) is 4.79 Å². The molecule has 0 aliphatic heterocycles. The fraction of sp³-hybridized carbons (Fsp3) is 0.158. The first-order valence-electron chi connectivity index (χ1n) is 7.38. The number of fused-ring (bicyclic) bond motifs is 1. The zero-order valence-electron chi connectivity index (χ0n) is 13.1. The Hall–Kier alpha value is -3.10. The van der Waals surface area contributed by atoms with Crippen LogP contribution in [0, 0.1) is 11.3 Å². The highest BCUT2D eigenvalue weighted by Crippen LogP contribution is 2.27. The summed E-state index contributed by atoms with van der Waals surface area (Å²) in [6.07, 6.45) is 0. The maximum Gasteiger partial charge on any atom is 0.374 e. The van der Waals surface area contributed by atoms with Crippen molar-refractivity contribution in [1.29, 1.82) is 5.26 Å². The molecule has 0 radical (unpaired) electrons. The third-order valence-corrected chi connectivity index (χ3v) is 3.63. The predicted octanol–water partition coefficient (Wildman–Crippen LogP) is 3.81. The summed E-state index contributed by atoms with van der Waals surface area (Å²) in [5.74, 6) is -0.380. The van der Waals surface area contributed by atoms with Crippen LogP contribution in [0.5, 0.6) is 0 Å². The molecule has 3 rings (SSSR count). The second-order valence-corrected chi connectivity index (χ2v) is 5.22. The minimum Gasteiger partial charge on any atom is -0.455 e. The van der Waals surface area contributed by atoms with Gasteiger partial charge in [0.2, 0.25) is 5.76 Å². The first kappa shape index (κ1) is 15.8. The molecule has 2 aromatic carbocycles. The zero-order chi connectivity index (χ0) is 16.9. The average molecular weight is 321 g/mol. The van der Waals surface area contributed by atoms with Crippen molar-refractivity contribution in [1.82, 2.24) is 0 Å².